The maximum atomic E-state index is 10.2. The van der Waals surface area contributed by atoms with Gasteiger partial charge < -0.3 is 20.6 Å². The molecule has 1 atom stereocenters. The molecule has 4 heteroatoms. The van der Waals surface area contributed by atoms with Crippen molar-refractivity contribution in [2.45, 2.75) is 56.6 Å². The standard InChI is InChI=1S/C15H33N3O/c1-5-15(19,12-16)10-7-11-18(4)13-14(17(2)3)8-6-9-14/h19H,5-13,16H2,1-4H3. The van der Waals surface area contributed by atoms with E-state index in [2.05, 4.69) is 30.9 Å². The maximum absolute atomic E-state index is 10.2. The summed E-state index contributed by atoms with van der Waals surface area (Å²) in [6, 6.07) is 0. The van der Waals surface area contributed by atoms with Crippen molar-refractivity contribution < 1.29 is 5.11 Å². The van der Waals surface area contributed by atoms with E-state index in [1.165, 1.54) is 19.3 Å². The van der Waals surface area contributed by atoms with Crippen molar-refractivity contribution in [3.05, 3.63) is 0 Å². The number of aliphatic hydroxyl groups is 1. The summed E-state index contributed by atoms with van der Waals surface area (Å²) in [5.41, 5.74) is 5.37. The molecular weight excluding hydrogens is 238 g/mol. The number of hydrogen-bond donors (Lipinski definition) is 2. The molecule has 1 aliphatic carbocycles. The second-order valence-electron chi connectivity index (χ2n) is 6.60. The molecule has 1 fully saturated rings. The summed E-state index contributed by atoms with van der Waals surface area (Å²) in [6.07, 6.45) is 6.54. The minimum atomic E-state index is -0.656. The molecule has 1 rings (SSSR count). The first-order chi connectivity index (χ1) is 8.87. The molecule has 1 aliphatic rings. The average molecular weight is 271 g/mol. The highest BCUT2D eigenvalue weighted by Gasteiger charge is 2.39. The molecule has 0 heterocycles. The molecule has 4 nitrogen and oxygen atoms in total. The lowest BCUT2D eigenvalue weighted by atomic mass is 9.75. The van der Waals surface area contributed by atoms with Crippen LogP contribution in [0.2, 0.25) is 0 Å². The molecule has 0 amide bonds. The van der Waals surface area contributed by atoms with Gasteiger partial charge in [-0.05, 0) is 66.2 Å². The van der Waals surface area contributed by atoms with Gasteiger partial charge in [0.15, 0.2) is 0 Å². The lowest BCUT2D eigenvalue weighted by Crippen LogP contribution is -2.56. The molecule has 0 aromatic carbocycles. The van der Waals surface area contributed by atoms with E-state index in [9.17, 15) is 5.11 Å². The SMILES string of the molecule is CCC(O)(CN)CCCN(C)CC1(N(C)C)CCC1. The largest absolute Gasteiger partial charge is 0.389 e. The number of hydrogen-bond acceptors (Lipinski definition) is 4. The molecule has 114 valence electrons. The third-order valence-corrected chi connectivity index (χ3v) is 5.02. The fourth-order valence-corrected chi connectivity index (χ4v) is 3.01. The van der Waals surface area contributed by atoms with Crippen LogP contribution in [0.15, 0.2) is 0 Å². The van der Waals surface area contributed by atoms with Gasteiger partial charge in [-0.2, -0.15) is 0 Å². The van der Waals surface area contributed by atoms with Gasteiger partial charge in [-0.3, -0.25) is 0 Å². The van der Waals surface area contributed by atoms with E-state index in [0.717, 1.165) is 32.4 Å². The van der Waals surface area contributed by atoms with E-state index in [0.29, 0.717) is 12.1 Å². The van der Waals surface area contributed by atoms with Gasteiger partial charge in [-0.1, -0.05) is 6.92 Å². The van der Waals surface area contributed by atoms with Crippen molar-refractivity contribution in [3.8, 4) is 0 Å². The smallest absolute Gasteiger partial charge is 0.0767 e. The van der Waals surface area contributed by atoms with Gasteiger partial charge in [0.1, 0.15) is 0 Å². The molecule has 0 aromatic heterocycles. The highest BCUT2D eigenvalue weighted by atomic mass is 16.3. The van der Waals surface area contributed by atoms with Crippen LogP contribution in [-0.4, -0.2) is 66.8 Å². The Balaban J connectivity index is 2.30. The number of likely N-dealkylation sites (N-methyl/N-ethyl adjacent to an activating group) is 2. The molecule has 0 saturated heterocycles. The van der Waals surface area contributed by atoms with Crippen LogP contribution in [-0.2, 0) is 0 Å². The average Bonchev–Trinajstić information content (AvgIpc) is 2.33. The number of nitrogens with zero attached hydrogens (tertiary/aromatic N) is 2. The molecule has 0 aromatic rings. The normalized spacial score (nSPS) is 21.5. The summed E-state index contributed by atoms with van der Waals surface area (Å²) in [5, 5.41) is 10.2. The first-order valence-electron chi connectivity index (χ1n) is 7.66. The lowest BCUT2D eigenvalue weighted by molar-refractivity contribution is 0.0170. The summed E-state index contributed by atoms with van der Waals surface area (Å²) in [5.74, 6) is 0. The maximum Gasteiger partial charge on any atom is 0.0767 e. The van der Waals surface area contributed by atoms with Crippen LogP contribution < -0.4 is 5.73 Å². The number of nitrogens with two attached hydrogens (primary N) is 1. The summed E-state index contributed by atoms with van der Waals surface area (Å²) >= 11 is 0. The Morgan fingerprint density at radius 2 is 1.89 bits per heavy atom. The highest BCUT2D eigenvalue weighted by molar-refractivity contribution is 4.97. The van der Waals surface area contributed by atoms with E-state index in [-0.39, 0.29) is 0 Å². The molecule has 1 saturated carbocycles. The Morgan fingerprint density at radius 3 is 2.26 bits per heavy atom. The van der Waals surface area contributed by atoms with E-state index in [1.54, 1.807) is 0 Å². The topological polar surface area (TPSA) is 52.7 Å². The van der Waals surface area contributed by atoms with E-state index in [4.69, 9.17) is 5.73 Å². The van der Waals surface area contributed by atoms with Crippen LogP contribution in [0.3, 0.4) is 0 Å². The van der Waals surface area contributed by atoms with Crippen molar-refractivity contribution in [1.82, 2.24) is 9.80 Å². The Labute approximate surface area is 118 Å². The van der Waals surface area contributed by atoms with Gasteiger partial charge in [0.25, 0.3) is 0 Å². The third-order valence-electron chi connectivity index (χ3n) is 5.02. The summed E-state index contributed by atoms with van der Waals surface area (Å²) in [4.78, 5) is 4.79. The van der Waals surface area contributed by atoms with E-state index in [1.807, 2.05) is 6.92 Å². The fraction of sp³-hybridized carbons (Fsp3) is 1.00. The first kappa shape index (κ1) is 16.9. The third kappa shape index (κ3) is 4.42. The minimum Gasteiger partial charge on any atom is -0.389 e. The second-order valence-corrected chi connectivity index (χ2v) is 6.60. The van der Waals surface area contributed by atoms with Crippen LogP contribution in [0, 0.1) is 0 Å². The van der Waals surface area contributed by atoms with Gasteiger partial charge in [0.2, 0.25) is 0 Å². The molecule has 1 unspecified atom stereocenters. The highest BCUT2D eigenvalue weighted by Crippen LogP contribution is 2.36. The molecule has 0 radical (unpaired) electrons. The van der Waals surface area contributed by atoms with E-state index < -0.39 is 5.60 Å². The molecule has 3 N–H and O–H groups in total. The monoisotopic (exact) mass is 271 g/mol. The molecule has 0 spiro atoms. The van der Waals surface area contributed by atoms with Gasteiger partial charge in [0, 0.05) is 18.6 Å². The van der Waals surface area contributed by atoms with Crippen LogP contribution in [0.25, 0.3) is 0 Å². The quantitative estimate of drug-likeness (QED) is 0.663. The van der Waals surface area contributed by atoms with Crippen LogP contribution in [0.5, 0.6) is 0 Å². The van der Waals surface area contributed by atoms with Gasteiger partial charge in [-0.25, -0.2) is 0 Å². The van der Waals surface area contributed by atoms with Crippen molar-refractivity contribution in [2.75, 3.05) is 40.8 Å². The van der Waals surface area contributed by atoms with E-state index >= 15 is 0 Å². The Morgan fingerprint density at radius 1 is 1.26 bits per heavy atom. The van der Waals surface area contributed by atoms with Crippen molar-refractivity contribution in [1.29, 1.82) is 0 Å². The van der Waals surface area contributed by atoms with Crippen molar-refractivity contribution >= 4 is 0 Å². The molecule has 19 heavy (non-hydrogen) atoms. The first-order valence-corrected chi connectivity index (χ1v) is 7.66. The Kier molecular flexibility index (Phi) is 6.24. The van der Waals surface area contributed by atoms with Gasteiger partial charge in [-0.15, -0.1) is 0 Å². The van der Waals surface area contributed by atoms with Gasteiger partial charge in [0.05, 0.1) is 5.60 Å². The summed E-state index contributed by atoms with van der Waals surface area (Å²) < 4.78 is 0. The number of rotatable bonds is 9. The zero-order chi connectivity index (χ0) is 14.5. The zero-order valence-electron chi connectivity index (χ0n) is 13.3. The molecule has 0 bridgehead atoms. The zero-order valence-corrected chi connectivity index (χ0v) is 13.3. The summed E-state index contributed by atoms with van der Waals surface area (Å²) in [6.45, 7) is 4.55. The Hall–Kier alpha value is -0.160. The predicted octanol–water partition coefficient (Wildman–Crippen LogP) is 1.28. The molecule has 0 aliphatic heterocycles. The predicted molar refractivity (Wildman–Crippen MR) is 81.3 cm³/mol. The lowest BCUT2D eigenvalue weighted by Gasteiger charge is -2.49. The van der Waals surface area contributed by atoms with Crippen LogP contribution in [0.1, 0.15) is 45.4 Å². The second kappa shape index (κ2) is 7.02. The summed E-state index contributed by atoms with van der Waals surface area (Å²) in [7, 11) is 6.57. The fourth-order valence-electron chi connectivity index (χ4n) is 3.01. The van der Waals surface area contributed by atoms with Crippen molar-refractivity contribution in [3.63, 3.8) is 0 Å². The minimum absolute atomic E-state index is 0.370. The van der Waals surface area contributed by atoms with Crippen molar-refractivity contribution in [2.24, 2.45) is 5.73 Å². The van der Waals surface area contributed by atoms with Crippen LogP contribution in [0.4, 0.5) is 0 Å². The van der Waals surface area contributed by atoms with Gasteiger partial charge >= 0.3 is 0 Å². The molecular formula is C15H33N3O. The Bertz CT molecular complexity index is 260. The van der Waals surface area contributed by atoms with Crippen LogP contribution >= 0.6 is 0 Å².